The van der Waals surface area contributed by atoms with Crippen molar-refractivity contribution in [2.75, 3.05) is 0 Å². The first kappa shape index (κ1) is 16.8. The molecule has 0 saturated carbocycles. The van der Waals surface area contributed by atoms with Crippen LogP contribution in [0.25, 0.3) is 23.1 Å². The van der Waals surface area contributed by atoms with Gasteiger partial charge in [0.15, 0.2) is 5.75 Å². The fraction of sp³-hybridized carbons (Fsp3) is 0.150. The molecule has 0 bridgehead atoms. The van der Waals surface area contributed by atoms with Gasteiger partial charge in [0.2, 0.25) is 0 Å². The van der Waals surface area contributed by atoms with E-state index in [-0.39, 0.29) is 10.8 Å². The number of fused-ring (bicyclic) bond motifs is 1. The Bertz CT molecular complexity index is 915. The van der Waals surface area contributed by atoms with Crippen LogP contribution in [0.1, 0.15) is 36.6 Å². The van der Waals surface area contributed by atoms with Crippen molar-refractivity contribution in [1.82, 2.24) is 4.98 Å². The van der Waals surface area contributed by atoms with Crippen molar-refractivity contribution in [3.63, 3.8) is 0 Å². The second kappa shape index (κ2) is 6.84. The Morgan fingerprint density at radius 2 is 1.67 bits per heavy atom. The van der Waals surface area contributed by atoms with Gasteiger partial charge in [0.05, 0.1) is 15.7 Å². The number of hydrogen-bond donors (Lipinski definition) is 1. The molecule has 0 atom stereocenters. The van der Waals surface area contributed by atoms with Crippen molar-refractivity contribution in [2.24, 2.45) is 0 Å². The fourth-order valence-electron chi connectivity index (χ4n) is 2.48. The Kier molecular flexibility index (Phi) is 4.79. The summed E-state index contributed by atoms with van der Waals surface area (Å²) >= 11 is 12.1. The van der Waals surface area contributed by atoms with E-state index >= 15 is 0 Å². The molecule has 0 spiro atoms. The Labute approximate surface area is 151 Å². The second-order valence-corrected chi connectivity index (χ2v) is 6.79. The number of hydrogen-bond acceptors (Lipinski definition) is 2. The SMILES string of the molecule is CC(C)c1ccc(C=Cc2ccc3c(Cl)cc(Cl)c(O)c3n2)cc1. The van der Waals surface area contributed by atoms with E-state index in [0.29, 0.717) is 21.8 Å². The first-order valence-electron chi connectivity index (χ1n) is 7.71. The summed E-state index contributed by atoms with van der Waals surface area (Å²) in [6.07, 6.45) is 3.89. The van der Waals surface area contributed by atoms with Gasteiger partial charge in [-0.2, -0.15) is 0 Å². The van der Waals surface area contributed by atoms with Crippen LogP contribution in [0.15, 0.2) is 42.5 Å². The number of benzene rings is 2. The van der Waals surface area contributed by atoms with Crippen LogP contribution < -0.4 is 0 Å². The largest absolute Gasteiger partial charge is 0.504 e. The van der Waals surface area contributed by atoms with Gasteiger partial charge >= 0.3 is 0 Å². The summed E-state index contributed by atoms with van der Waals surface area (Å²) in [7, 11) is 0. The van der Waals surface area contributed by atoms with Crippen molar-refractivity contribution in [1.29, 1.82) is 0 Å². The number of aromatic hydroxyl groups is 1. The molecule has 4 heteroatoms. The number of pyridine rings is 1. The maximum atomic E-state index is 10.1. The summed E-state index contributed by atoms with van der Waals surface area (Å²) in [4.78, 5) is 4.45. The third-order valence-electron chi connectivity index (χ3n) is 3.93. The average molecular weight is 358 g/mol. The Hall–Kier alpha value is -2.03. The fourth-order valence-corrected chi connectivity index (χ4v) is 3.00. The standard InChI is InChI=1S/C20H17Cl2NO/c1-12(2)14-6-3-13(4-7-14)5-8-15-9-10-16-17(21)11-18(22)20(24)19(16)23-15/h3-12,24H,1-2H3. The quantitative estimate of drug-likeness (QED) is 0.576. The average Bonchev–Trinajstić information content (AvgIpc) is 2.58. The number of phenols is 1. The van der Waals surface area contributed by atoms with Crippen LogP contribution in [-0.4, -0.2) is 10.1 Å². The molecule has 0 aliphatic carbocycles. The lowest BCUT2D eigenvalue weighted by atomic mass is 10.0. The molecule has 0 unspecified atom stereocenters. The van der Waals surface area contributed by atoms with Gasteiger partial charge < -0.3 is 5.11 Å². The minimum absolute atomic E-state index is 0.0485. The zero-order valence-corrected chi connectivity index (χ0v) is 14.9. The van der Waals surface area contributed by atoms with Gasteiger partial charge in [-0.3, -0.25) is 0 Å². The Balaban J connectivity index is 1.94. The molecule has 1 N–H and O–H groups in total. The Morgan fingerprint density at radius 3 is 2.33 bits per heavy atom. The molecule has 3 rings (SSSR count). The topological polar surface area (TPSA) is 33.1 Å². The van der Waals surface area contributed by atoms with Crippen molar-refractivity contribution >= 4 is 46.3 Å². The highest BCUT2D eigenvalue weighted by Crippen LogP contribution is 2.36. The molecule has 0 amide bonds. The number of aromatic nitrogens is 1. The second-order valence-electron chi connectivity index (χ2n) is 5.98. The van der Waals surface area contributed by atoms with Crippen LogP contribution in [0.5, 0.6) is 5.75 Å². The maximum Gasteiger partial charge on any atom is 0.160 e. The van der Waals surface area contributed by atoms with E-state index in [9.17, 15) is 5.11 Å². The summed E-state index contributed by atoms with van der Waals surface area (Å²) in [5.74, 6) is 0.468. The molecule has 122 valence electrons. The Morgan fingerprint density at radius 1 is 0.958 bits per heavy atom. The molecule has 0 aliphatic rings. The molecule has 3 aromatic rings. The highest BCUT2D eigenvalue weighted by atomic mass is 35.5. The van der Waals surface area contributed by atoms with Crippen molar-refractivity contribution in [2.45, 2.75) is 19.8 Å². The number of rotatable bonds is 3. The number of halogens is 2. The van der Waals surface area contributed by atoms with Gasteiger partial charge in [-0.15, -0.1) is 0 Å². The normalized spacial score (nSPS) is 11.7. The summed E-state index contributed by atoms with van der Waals surface area (Å²) in [6.45, 7) is 4.35. The van der Waals surface area contributed by atoms with Crippen molar-refractivity contribution in [3.05, 3.63) is 69.3 Å². The summed E-state index contributed by atoms with van der Waals surface area (Å²) in [6, 6.07) is 13.6. The predicted molar refractivity (Wildman–Crippen MR) is 103 cm³/mol. The first-order chi connectivity index (χ1) is 11.5. The molecule has 0 fully saturated rings. The van der Waals surface area contributed by atoms with Gasteiger partial charge in [0, 0.05) is 5.39 Å². The van der Waals surface area contributed by atoms with E-state index in [4.69, 9.17) is 23.2 Å². The molecule has 2 aromatic carbocycles. The number of nitrogens with zero attached hydrogens (tertiary/aromatic N) is 1. The number of phenolic OH excluding ortho intramolecular Hbond substituents is 1. The van der Waals surface area contributed by atoms with Crippen LogP contribution in [0.2, 0.25) is 10.0 Å². The van der Waals surface area contributed by atoms with E-state index in [1.807, 2.05) is 24.3 Å². The minimum Gasteiger partial charge on any atom is -0.504 e. The van der Waals surface area contributed by atoms with Crippen LogP contribution in [0.3, 0.4) is 0 Å². The highest BCUT2D eigenvalue weighted by molar-refractivity contribution is 6.39. The summed E-state index contributed by atoms with van der Waals surface area (Å²) < 4.78 is 0. The third kappa shape index (κ3) is 3.40. The van der Waals surface area contributed by atoms with Gasteiger partial charge in [-0.05, 0) is 41.3 Å². The van der Waals surface area contributed by atoms with Gasteiger partial charge in [0.1, 0.15) is 5.52 Å². The van der Waals surface area contributed by atoms with Crippen LogP contribution >= 0.6 is 23.2 Å². The van der Waals surface area contributed by atoms with Crippen LogP contribution in [-0.2, 0) is 0 Å². The highest BCUT2D eigenvalue weighted by Gasteiger charge is 2.10. The molecule has 0 radical (unpaired) electrons. The van der Waals surface area contributed by atoms with Gasteiger partial charge in [-0.25, -0.2) is 4.98 Å². The third-order valence-corrected chi connectivity index (χ3v) is 4.53. The van der Waals surface area contributed by atoms with Crippen LogP contribution in [0.4, 0.5) is 0 Å². The van der Waals surface area contributed by atoms with E-state index in [2.05, 4.69) is 43.1 Å². The molecule has 0 aliphatic heterocycles. The zero-order valence-electron chi connectivity index (χ0n) is 13.4. The van der Waals surface area contributed by atoms with E-state index < -0.39 is 0 Å². The lowest BCUT2D eigenvalue weighted by Gasteiger charge is -2.06. The molecule has 1 heterocycles. The molecule has 0 saturated heterocycles. The predicted octanol–water partition coefficient (Wildman–Crippen LogP) is 6.54. The molecular formula is C20H17Cl2NO. The molecule has 2 nitrogen and oxygen atoms in total. The van der Waals surface area contributed by atoms with Crippen molar-refractivity contribution in [3.8, 4) is 5.75 Å². The van der Waals surface area contributed by atoms with E-state index in [1.54, 1.807) is 0 Å². The molecule has 1 aromatic heterocycles. The van der Waals surface area contributed by atoms with Crippen LogP contribution in [0, 0.1) is 0 Å². The van der Waals surface area contributed by atoms with Gasteiger partial charge in [-0.1, -0.05) is 67.4 Å². The lowest BCUT2D eigenvalue weighted by molar-refractivity contribution is 0.480. The zero-order chi connectivity index (χ0) is 17.3. The monoisotopic (exact) mass is 357 g/mol. The summed E-state index contributed by atoms with van der Waals surface area (Å²) in [5, 5.41) is 11.4. The molecule has 24 heavy (non-hydrogen) atoms. The van der Waals surface area contributed by atoms with Crippen molar-refractivity contribution < 1.29 is 5.11 Å². The van der Waals surface area contributed by atoms with E-state index in [1.165, 1.54) is 11.6 Å². The maximum absolute atomic E-state index is 10.1. The minimum atomic E-state index is -0.0485. The smallest absolute Gasteiger partial charge is 0.160 e. The first-order valence-corrected chi connectivity index (χ1v) is 8.47. The lowest BCUT2D eigenvalue weighted by Crippen LogP contribution is -1.87. The summed E-state index contributed by atoms with van der Waals surface area (Å²) in [5.41, 5.74) is 3.54. The molecular weight excluding hydrogens is 341 g/mol. The van der Waals surface area contributed by atoms with Gasteiger partial charge in [0.25, 0.3) is 0 Å². The van der Waals surface area contributed by atoms with E-state index in [0.717, 1.165) is 11.3 Å².